The van der Waals surface area contributed by atoms with Gasteiger partial charge < -0.3 is 15.2 Å². The lowest BCUT2D eigenvalue weighted by Gasteiger charge is -2.19. The summed E-state index contributed by atoms with van der Waals surface area (Å²) >= 11 is 1.83. The third-order valence-electron chi connectivity index (χ3n) is 2.26. The van der Waals surface area contributed by atoms with Crippen LogP contribution in [0, 0.1) is 5.92 Å². The third-order valence-corrected chi connectivity index (χ3v) is 3.00. The van der Waals surface area contributed by atoms with E-state index >= 15 is 0 Å². The lowest BCUT2D eigenvalue weighted by Crippen LogP contribution is -2.38. The van der Waals surface area contributed by atoms with Crippen LogP contribution in [0.4, 0.5) is 0 Å². The van der Waals surface area contributed by atoms with Crippen LogP contribution in [-0.2, 0) is 4.74 Å². The molecule has 16 heavy (non-hydrogen) atoms. The Morgan fingerprint density at radius 1 is 1.31 bits per heavy atom. The number of aliphatic hydroxyl groups excluding tert-OH is 1. The summed E-state index contributed by atoms with van der Waals surface area (Å²) < 4.78 is 5.39. The van der Waals surface area contributed by atoms with Gasteiger partial charge in [0.15, 0.2) is 0 Å². The first-order chi connectivity index (χ1) is 7.60. The van der Waals surface area contributed by atoms with Crippen molar-refractivity contribution in [2.24, 2.45) is 5.92 Å². The summed E-state index contributed by atoms with van der Waals surface area (Å²) in [4.78, 5) is 0. The highest BCUT2D eigenvalue weighted by molar-refractivity contribution is 7.98. The molecule has 0 fully saturated rings. The summed E-state index contributed by atoms with van der Waals surface area (Å²) in [6, 6.07) is 0.495. The lowest BCUT2D eigenvalue weighted by molar-refractivity contribution is 0.0252. The minimum Gasteiger partial charge on any atom is -0.389 e. The summed E-state index contributed by atoms with van der Waals surface area (Å²) in [5, 5.41) is 13.0. The smallest absolute Gasteiger partial charge is 0.0897 e. The van der Waals surface area contributed by atoms with Gasteiger partial charge in [-0.05, 0) is 18.6 Å². The van der Waals surface area contributed by atoms with Crippen LogP contribution in [0.1, 0.15) is 27.2 Å². The molecule has 0 rings (SSSR count). The van der Waals surface area contributed by atoms with Gasteiger partial charge in [0.05, 0.1) is 12.7 Å². The molecular weight excluding hydrogens is 222 g/mol. The molecule has 4 heteroatoms. The molecule has 0 bridgehead atoms. The second-order valence-electron chi connectivity index (χ2n) is 4.55. The second kappa shape index (κ2) is 10.4. The van der Waals surface area contributed by atoms with Gasteiger partial charge in [-0.15, -0.1) is 0 Å². The molecule has 0 aliphatic carbocycles. The van der Waals surface area contributed by atoms with E-state index in [1.54, 1.807) is 0 Å². The Morgan fingerprint density at radius 3 is 2.50 bits per heavy atom. The molecule has 0 aliphatic heterocycles. The van der Waals surface area contributed by atoms with Gasteiger partial charge >= 0.3 is 0 Å². The lowest BCUT2D eigenvalue weighted by atomic mass is 10.2. The number of nitrogens with one attached hydrogen (secondary N) is 1. The van der Waals surface area contributed by atoms with Crippen LogP contribution < -0.4 is 5.32 Å². The van der Waals surface area contributed by atoms with E-state index in [1.807, 2.05) is 11.8 Å². The van der Waals surface area contributed by atoms with Gasteiger partial charge in [-0.1, -0.05) is 20.8 Å². The minimum absolute atomic E-state index is 0.394. The predicted octanol–water partition coefficient (Wildman–Crippen LogP) is 1.75. The molecule has 0 aliphatic rings. The van der Waals surface area contributed by atoms with Gasteiger partial charge in [-0.3, -0.25) is 0 Å². The topological polar surface area (TPSA) is 41.5 Å². The summed E-state index contributed by atoms with van der Waals surface area (Å²) in [7, 11) is 0. The van der Waals surface area contributed by atoms with Gasteiger partial charge in [-0.25, -0.2) is 0 Å². The molecular formula is C12H27NO2S. The molecule has 0 radical (unpaired) electrons. The van der Waals surface area contributed by atoms with E-state index in [-0.39, 0.29) is 0 Å². The Kier molecular flexibility index (Phi) is 10.5. The van der Waals surface area contributed by atoms with Crippen LogP contribution in [0.2, 0.25) is 0 Å². The molecule has 0 aromatic heterocycles. The van der Waals surface area contributed by atoms with Crippen molar-refractivity contribution in [2.45, 2.75) is 39.3 Å². The number of aliphatic hydroxyl groups is 1. The van der Waals surface area contributed by atoms with Crippen LogP contribution in [0.25, 0.3) is 0 Å². The van der Waals surface area contributed by atoms with Gasteiger partial charge in [0, 0.05) is 24.9 Å². The van der Waals surface area contributed by atoms with Crippen LogP contribution >= 0.6 is 11.8 Å². The fraction of sp³-hybridized carbons (Fsp3) is 1.00. The first-order valence-corrected chi connectivity index (χ1v) is 7.47. The second-order valence-corrected chi connectivity index (χ2v) is 5.46. The molecule has 0 aromatic rings. The van der Waals surface area contributed by atoms with E-state index in [4.69, 9.17) is 4.74 Å². The molecule has 0 aromatic carbocycles. The number of thioether (sulfide) groups is 1. The SMILES string of the molecule is CCC(CSC)NCC(O)COCC(C)C. The van der Waals surface area contributed by atoms with E-state index in [1.165, 1.54) is 0 Å². The first-order valence-electron chi connectivity index (χ1n) is 6.08. The number of ether oxygens (including phenoxy) is 1. The van der Waals surface area contributed by atoms with Crippen molar-refractivity contribution >= 4 is 11.8 Å². The summed E-state index contributed by atoms with van der Waals surface area (Å²) in [5.74, 6) is 1.62. The van der Waals surface area contributed by atoms with Gasteiger partial charge in [-0.2, -0.15) is 11.8 Å². The van der Waals surface area contributed by atoms with Crippen molar-refractivity contribution in [2.75, 3.05) is 31.8 Å². The highest BCUT2D eigenvalue weighted by Gasteiger charge is 2.09. The van der Waals surface area contributed by atoms with Crippen LogP contribution in [0.5, 0.6) is 0 Å². The summed E-state index contributed by atoms with van der Waals surface area (Å²) in [5.41, 5.74) is 0. The van der Waals surface area contributed by atoms with Crippen LogP contribution in [-0.4, -0.2) is 49.0 Å². The standard InChI is InChI=1S/C12H27NO2S/c1-5-11(9-16-4)13-6-12(14)8-15-7-10(2)3/h10-14H,5-9H2,1-4H3. The van der Waals surface area contributed by atoms with E-state index in [0.29, 0.717) is 25.1 Å². The monoisotopic (exact) mass is 249 g/mol. The highest BCUT2D eigenvalue weighted by atomic mass is 32.2. The average Bonchev–Trinajstić information content (AvgIpc) is 2.23. The quantitative estimate of drug-likeness (QED) is 0.619. The highest BCUT2D eigenvalue weighted by Crippen LogP contribution is 2.01. The maximum absolute atomic E-state index is 9.68. The molecule has 98 valence electrons. The molecule has 0 spiro atoms. The minimum atomic E-state index is -0.394. The van der Waals surface area contributed by atoms with E-state index in [9.17, 15) is 5.11 Å². The molecule has 0 saturated carbocycles. The fourth-order valence-electron chi connectivity index (χ4n) is 1.32. The molecule has 2 N–H and O–H groups in total. The number of hydrogen-bond acceptors (Lipinski definition) is 4. The zero-order chi connectivity index (χ0) is 12.4. The molecule has 2 unspecified atom stereocenters. The van der Waals surface area contributed by atoms with Gasteiger partial charge in [0.1, 0.15) is 0 Å². The largest absolute Gasteiger partial charge is 0.389 e. The summed E-state index contributed by atoms with van der Waals surface area (Å²) in [6.07, 6.45) is 2.81. The van der Waals surface area contributed by atoms with Crippen molar-refractivity contribution in [3.05, 3.63) is 0 Å². The van der Waals surface area contributed by atoms with Crippen molar-refractivity contribution in [1.29, 1.82) is 0 Å². The Hall–Kier alpha value is 0.230. The van der Waals surface area contributed by atoms with E-state index in [0.717, 1.165) is 18.8 Å². The van der Waals surface area contributed by atoms with Gasteiger partial charge in [0.25, 0.3) is 0 Å². The Morgan fingerprint density at radius 2 is 2.00 bits per heavy atom. The molecule has 0 heterocycles. The van der Waals surface area contributed by atoms with Crippen molar-refractivity contribution in [3.8, 4) is 0 Å². The Balaban J connectivity index is 3.50. The number of rotatable bonds is 10. The van der Waals surface area contributed by atoms with Crippen LogP contribution in [0.15, 0.2) is 0 Å². The van der Waals surface area contributed by atoms with Crippen LogP contribution in [0.3, 0.4) is 0 Å². The molecule has 2 atom stereocenters. The maximum atomic E-state index is 9.68. The number of hydrogen-bond donors (Lipinski definition) is 2. The predicted molar refractivity (Wildman–Crippen MR) is 72.1 cm³/mol. The molecule has 0 amide bonds. The third kappa shape index (κ3) is 9.46. The van der Waals surface area contributed by atoms with Crippen molar-refractivity contribution < 1.29 is 9.84 Å². The molecule has 0 saturated heterocycles. The van der Waals surface area contributed by atoms with Gasteiger partial charge in [0.2, 0.25) is 0 Å². The summed E-state index contributed by atoms with van der Waals surface area (Å²) in [6.45, 7) is 8.15. The van der Waals surface area contributed by atoms with Crippen molar-refractivity contribution in [1.82, 2.24) is 5.32 Å². The average molecular weight is 249 g/mol. The Labute approximate surface area is 104 Å². The zero-order valence-corrected chi connectivity index (χ0v) is 11.8. The van der Waals surface area contributed by atoms with Crippen molar-refractivity contribution in [3.63, 3.8) is 0 Å². The van der Waals surface area contributed by atoms with E-state index < -0.39 is 6.10 Å². The van der Waals surface area contributed by atoms with E-state index in [2.05, 4.69) is 32.3 Å². The maximum Gasteiger partial charge on any atom is 0.0897 e. The normalized spacial score (nSPS) is 15.4. The first kappa shape index (κ1) is 16.2. The Bertz CT molecular complexity index is 156. The molecule has 3 nitrogen and oxygen atoms in total. The zero-order valence-electron chi connectivity index (χ0n) is 11.0. The fourth-order valence-corrected chi connectivity index (χ4v) is 2.08.